The summed E-state index contributed by atoms with van der Waals surface area (Å²) in [5.41, 5.74) is 0.458. The first-order valence-electron chi connectivity index (χ1n) is 6.00. The molecule has 0 atom stereocenters. The molecular formula is C12H18N4O3. The maximum Gasteiger partial charge on any atom is 0.339 e. The van der Waals surface area contributed by atoms with Crippen molar-refractivity contribution in [2.45, 2.75) is 33.2 Å². The Morgan fingerprint density at radius 3 is 2.63 bits per heavy atom. The van der Waals surface area contributed by atoms with Crippen molar-refractivity contribution in [3.05, 3.63) is 17.5 Å². The molecule has 0 bridgehead atoms. The fourth-order valence-electron chi connectivity index (χ4n) is 1.44. The van der Waals surface area contributed by atoms with E-state index in [9.17, 15) is 9.59 Å². The lowest BCUT2D eigenvalue weighted by Crippen LogP contribution is -2.31. The predicted octanol–water partition coefficient (Wildman–Crippen LogP) is 0.810. The smallest absolute Gasteiger partial charge is 0.339 e. The van der Waals surface area contributed by atoms with Crippen molar-refractivity contribution in [1.82, 2.24) is 15.3 Å². The molecule has 0 aliphatic carbocycles. The summed E-state index contributed by atoms with van der Waals surface area (Å²) in [6, 6.07) is 0.112. The van der Waals surface area contributed by atoms with Gasteiger partial charge in [-0.3, -0.25) is 4.79 Å². The van der Waals surface area contributed by atoms with Crippen molar-refractivity contribution < 1.29 is 14.7 Å². The molecule has 0 saturated heterocycles. The van der Waals surface area contributed by atoms with Crippen LogP contribution in [0.3, 0.4) is 0 Å². The van der Waals surface area contributed by atoms with E-state index in [0.717, 1.165) is 0 Å². The number of anilines is 1. The molecule has 19 heavy (non-hydrogen) atoms. The summed E-state index contributed by atoms with van der Waals surface area (Å²) in [4.78, 5) is 30.1. The molecule has 0 aromatic carbocycles. The highest BCUT2D eigenvalue weighted by molar-refractivity contribution is 5.88. The van der Waals surface area contributed by atoms with Gasteiger partial charge in [-0.15, -0.1) is 0 Å². The van der Waals surface area contributed by atoms with Crippen LogP contribution in [0.4, 0.5) is 5.95 Å². The number of carbonyl (C=O) groups is 2. The van der Waals surface area contributed by atoms with Gasteiger partial charge in [0, 0.05) is 25.2 Å². The Morgan fingerprint density at radius 1 is 1.42 bits per heavy atom. The normalized spacial score (nSPS) is 10.3. The third kappa shape index (κ3) is 4.90. The Hall–Kier alpha value is -2.18. The molecule has 0 aliphatic rings. The maximum absolute atomic E-state index is 11.4. The third-order valence-electron chi connectivity index (χ3n) is 2.29. The number of aromatic nitrogens is 2. The number of aromatic carboxylic acids is 1. The van der Waals surface area contributed by atoms with E-state index in [0.29, 0.717) is 24.6 Å². The lowest BCUT2D eigenvalue weighted by molar-refractivity contribution is -0.121. The highest BCUT2D eigenvalue weighted by atomic mass is 16.4. The summed E-state index contributed by atoms with van der Waals surface area (Å²) in [6.45, 7) is 5.77. The number of hydrogen-bond donors (Lipinski definition) is 3. The quantitative estimate of drug-likeness (QED) is 0.704. The Morgan fingerprint density at radius 2 is 2.11 bits per heavy atom. The number of nitrogens with one attached hydrogen (secondary N) is 2. The number of nitrogens with zero attached hydrogens (tertiary/aromatic N) is 2. The molecule has 3 N–H and O–H groups in total. The summed E-state index contributed by atoms with van der Waals surface area (Å²) in [5.74, 6) is -0.790. The maximum atomic E-state index is 11.4. The van der Waals surface area contributed by atoms with Gasteiger partial charge in [-0.1, -0.05) is 0 Å². The van der Waals surface area contributed by atoms with E-state index >= 15 is 0 Å². The average molecular weight is 266 g/mol. The molecule has 1 aromatic rings. The monoisotopic (exact) mass is 266 g/mol. The molecule has 7 nitrogen and oxygen atoms in total. The largest absolute Gasteiger partial charge is 0.478 e. The molecule has 7 heteroatoms. The van der Waals surface area contributed by atoms with E-state index in [4.69, 9.17) is 5.11 Å². The Kier molecular flexibility index (Phi) is 5.23. The van der Waals surface area contributed by atoms with Gasteiger partial charge < -0.3 is 15.7 Å². The SMILES string of the molecule is Cc1nc(NCCC(=O)NC(C)C)ncc1C(=O)O. The first-order valence-corrected chi connectivity index (χ1v) is 6.00. The molecule has 0 aliphatic heterocycles. The van der Waals surface area contributed by atoms with Gasteiger partial charge in [-0.25, -0.2) is 14.8 Å². The van der Waals surface area contributed by atoms with Crippen LogP contribution >= 0.6 is 0 Å². The minimum absolute atomic E-state index is 0.0543. The van der Waals surface area contributed by atoms with Crippen LogP contribution in [-0.4, -0.2) is 39.5 Å². The van der Waals surface area contributed by atoms with Crippen molar-refractivity contribution in [1.29, 1.82) is 0 Å². The van der Waals surface area contributed by atoms with Crippen LogP contribution in [0.15, 0.2) is 6.20 Å². The lowest BCUT2D eigenvalue weighted by Gasteiger charge is -2.09. The van der Waals surface area contributed by atoms with Gasteiger partial charge in [-0.05, 0) is 20.8 Å². The first kappa shape index (κ1) is 14.9. The van der Waals surface area contributed by atoms with Gasteiger partial charge in [0.1, 0.15) is 0 Å². The van der Waals surface area contributed by atoms with Gasteiger partial charge >= 0.3 is 5.97 Å². The van der Waals surface area contributed by atoms with Crippen LogP contribution < -0.4 is 10.6 Å². The molecule has 1 amide bonds. The van der Waals surface area contributed by atoms with Crippen molar-refractivity contribution in [3.63, 3.8) is 0 Å². The summed E-state index contributed by atoms with van der Waals surface area (Å²) < 4.78 is 0. The fraction of sp³-hybridized carbons (Fsp3) is 0.500. The van der Waals surface area contributed by atoms with Crippen LogP contribution in [0, 0.1) is 6.92 Å². The number of amides is 1. The number of carboxylic acids is 1. The van der Waals surface area contributed by atoms with E-state index in [1.165, 1.54) is 6.20 Å². The first-order chi connectivity index (χ1) is 8.90. The molecule has 104 valence electrons. The van der Waals surface area contributed by atoms with Crippen molar-refractivity contribution >= 4 is 17.8 Å². The topological polar surface area (TPSA) is 104 Å². The van der Waals surface area contributed by atoms with E-state index in [1.807, 2.05) is 13.8 Å². The predicted molar refractivity (Wildman–Crippen MR) is 70.1 cm³/mol. The van der Waals surface area contributed by atoms with Gasteiger partial charge in [0.2, 0.25) is 11.9 Å². The molecule has 0 radical (unpaired) electrons. The standard InChI is InChI=1S/C12H18N4O3/c1-7(2)15-10(17)4-5-13-12-14-6-9(11(18)19)8(3)16-12/h6-7H,4-5H2,1-3H3,(H,15,17)(H,18,19)(H,13,14,16). The van der Waals surface area contributed by atoms with Crippen molar-refractivity contribution in [3.8, 4) is 0 Å². The summed E-state index contributed by atoms with van der Waals surface area (Å²) in [6.07, 6.45) is 1.56. The Labute approximate surface area is 111 Å². The van der Waals surface area contributed by atoms with E-state index in [1.54, 1.807) is 6.92 Å². The van der Waals surface area contributed by atoms with Crippen LogP contribution in [0.1, 0.15) is 36.3 Å². The van der Waals surface area contributed by atoms with E-state index in [-0.39, 0.29) is 17.5 Å². The zero-order valence-electron chi connectivity index (χ0n) is 11.2. The second-order valence-corrected chi connectivity index (χ2v) is 4.40. The average Bonchev–Trinajstić information content (AvgIpc) is 2.27. The van der Waals surface area contributed by atoms with Crippen LogP contribution in [-0.2, 0) is 4.79 Å². The van der Waals surface area contributed by atoms with Gasteiger partial charge in [0.25, 0.3) is 0 Å². The highest BCUT2D eigenvalue weighted by Gasteiger charge is 2.10. The molecule has 0 fully saturated rings. The number of aryl methyl sites for hydroxylation is 1. The molecule has 0 saturated carbocycles. The van der Waals surface area contributed by atoms with Gasteiger partial charge in [0.05, 0.1) is 11.3 Å². The van der Waals surface area contributed by atoms with Crippen molar-refractivity contribution in [2.75, 3.05) is 11.9 Å². The fourth-order valence-corrected chi connectivity index (χ4v) is 1.44. The summed E-state index contributed by atoms with van der Waals surface area (Å²) >= 11 is 0. The minimum atomic E-state index is -1.06. The third-order valence-corrected chi connectivity index (χ3v) is 2.29. The highest BCUT2D eigenvalue weighted by Crippen LogP contribution is 2.06. The lowest BCUT2D eigenvalue weighted by atomic mass is 10.2. The number of carbonyl (C=O) groups excluding carboxylic acids is 1. The Balaban J connectivity index is 2.48. The summed E-state index contributed by atoms with van der Waals surface area (Å²) in [5, 5.41) is 14.5. The summed E-state index contributed by atoms with van der Waals surface area (Å²) in [7, 11) is 0. The zero-order valence-corrected chi connectivity index (χ0v) is 11.2. The molecule has 0 unspecified atom stereocenters. The van der Waals surface area contributed by atoms with E-state index < -0.39 is 5.97 Å². The van der Waals surface area contributed by atoms with Crippen LogP contribution in [0.25, 0.3) is 0 Å². The number of carboxylic acid groups (broad SMARTS) is 1. The molecule has 1 rings (SSSR count). The van der Waals surface area contributed by atoms with Gasteiger partial charge in [0.15, 0.2) is 0 Å². The zero-order chi connectivity index (χ0) is 14.4. The molecule has 0 spiro atoms. The Bertz CT molecular complexity index is 474. The van der Waals surface area contributed by atoms with Gasteiger partial charge in [-0.2, -0.15) is 0 Å². The molecular weight excluding hydrogens is 248 g/mol. The molecule has 1 aromatic heterocycles. The van der Waals surface area contributed by atoms with Crippen LogP contribution in [0.2, 0.25) is 0 Å². The van der Waals surface area contributed by atoms with E-state index in [2.05, 4.69) is 20.6 Å². The molecule has 1 heterocycles. The van der Waals surface area contributed by atoms with Crippen molar-refractivity contribution in [2.24, 2.45) is 0 Å². The number of rotatable bonds is 6. The number of hydrogen-bond acceptors (Lipinski definition) is 5. The minimum Gasteiger partial charge on any atom is -0.478 e. The van der Waals surface area contributed by atoms with Crippen LogP contribution in [0.5, 0.6) is 0 Å². The second kappa shape index (κ2) is 6.67. The second-order valence-electron chi connectivity index (χ2n) is 4.40.